The Kier molecular flexibility index (Phi) is 14.2. The highest BCUT2D eigenvalue weighted by molar-refractivity contribution is 5.73. The van der Waals surface area contributed by atoms with Gasteiger partial charge in [-0.15, -0.1) is 0 Å². The van der Waals surface area contributed by atoms with Crippen molar-refractivity contribution in [3.8, 4) is 0 Å². The molecule has 2 amide bonds. The standard InChI is InChI=1S/C28H48N2O20/c1-7-15(36)18(39)20(41)27(44-7)50-24-14(30-9(3)35)25(43)45-12(6-33)23(24)49-26-13(29-8(2)34)17(38)22(11(5-32)47-26)48-28-21(42)19(40)16(37)10(4-31)46-28/h7,10-28,31-33,36-43H,4-6H2,1-3H3,(H,29,34)(H,30,35)/t7-,10+,11-,12-,13-,14-,15+,16+,17-,18+,19-,20-,21-,22-,23-,24-,25-,26+,27-,28-/m1/s1. The molecule has 22 nitrogen and oxygen atoms in total. The number of carbonyl (C=O) groups excluding carboxylic acids is 2. The van der Waals surface area contributed by atoms with Crippen LogP contribution in [0.4, 0.5) is 0 Å². The highest BCUT2D eigenvalue weighted by Crippen LogP contribution is 2.34. The van der Waals surface area contributed by atoms with E-state index >= 15 is 0 Å². The number of aliphatic hydroxyl groups is 11. The fourth-order valence-corrected chi connectivity index (χ4v) is 6.29. The molecule has 13 N–H and O–H groups in total. The van der Waals surface area contributed by atoms with Gasteiger partial charge in [-0.2, -0.15) is 0 Å². The zero-order chi connectivity index (χ0) is 37.2. The molecular weight excluding hydrogens is 684 g/mol. The van der Waals surface area contributed by atoms with Crippen LogP contribution in [0.25, 0.3) is 0 Å². The average Bonchev–Trinajstić information content (AvgIpc) is 3.07. The van der Waals surface area contributed by atoms with Crippen LogP contribution in [0.5, 0.6) is 0 Å². The van der Waals surface area contributed by atoms with Crippen molar-refractivity contribution in [2.24, 2.45) is 0 Å². The number of rotatable bonds is 11. The lowest BCUT2D eigenvalue weighted by atomic mass is 9.93. The molecule has 4 fully saturated rings. The largest absolute Gasteiger partial charge is 0.394 e. The molecule has 4 rings (SSSR count). The lowest BCUT2D eigenvalue weighted by molar-refractivity contribution is -0.373. The Hall–Kier alpha value is -1.78. The minimum Gasteiger partial charge on any atom is -0.394 e. The van der Waals surface area contributed by atoms with Gasteiger partial charge in [0.15, 0.2) is 25.2 Å². The van der Waals surface area contributed by atoms with Gasteiger partial charge in [-0.1, -0.05) is 0 Å². The van der Waals surface area contributed by atoms with E-state index in [1.54, 1.807) is 0 Å². The summed E-state index contributed by atoms with van der Waals surface area (Å²) < 4.78 is 40.0. The Bertz CT molecular complexity index is 1120. The van der Waals surface area contributed by atoms with Crippen molar-refractivity contribution in [2.75, 3.05) is 19.8 Å². The molecule has 0 saturated carbocycles. The Morgan fingerprint density at radius 3 is 1.54 bits per heavy atom. The molecule has 50 heavy (non-hydrogen) atoms. The molecule has 0 unspecified atom stereocenters. The maximum Gasteiger partial charge on any atom is 0.217 e. The van der Waals surface area contributed by atoms with Crippen molar-refractivity contribution in [3.05, 3.63) is 0 Å². The summed E-state index contributed by atoms with van der Waals surface area (Å²) in [6.45, 7) is 0.985. The Labute approximate surface area is 285 Å². The minimum atomic E-state index is -1.91. The first-order valence-electron chi connectivity index (χ1n) is 15.9. The van der Waals surface area contributed by atoms with Crippen LogP contribution in [0.2, 0.25) is 0 Å². The second-order valence-corrected chi connectivity index (χ2v) is 12.6. The van der Waals surface area contributed by atoms with Crippen molar-refractivity contribution >= 4 is 11.8 Å². The SMILES string of the molecule is CC(=O)N[C@@H]1[C@@H](O[C@H]2O[C@H](C)[C@H](O)[C@H](O)[C@H]2O)[C@H](O[C@@H]2O[C@H](CO)[C@@H](O[C@H]3O[C@@H](CO)[C@H](O)[C@@H](O)[C@H]3O)[C@H](O)[C@H]2NC(C)=O)[C@@H](CO)O[C@H]1O. The molecule has 0 aliphatic carbocycles. The van der Waals surface area contributed by atoms with Crippen molar-refractivity contribution < 1.29 is 98.9 Å². The summed E-state index contributed by atoms with van der Waals surface area (Å²) in [4.78, 5) is 24.5. The molecule has 0 spiro atoms. The van der Waals surface area contributed by atoms with Crippen LogP contribution in [0.15, 0.2) is 0 Å². The van der Waals surface area contributed by atoms with Crippen molar-refractivity contribution in [1.82, 2.24) is 10.6 Å². The van der Waals surface area contributed by atoms with Crippen LogP contribution >= 0.6 is 0 Å². The molecule has 0 aromatic heterocycles. The Morgan fingerprint density at radius 1 is 0.520 bits per heavy atom. The fraction of sp³-hybridized carbons (Fsp3) is 0.929. The van der Waals surface area contributed by atoms with Crippen LogP contribution in [-0.4, -0.2) is 211 Å². The summed E-state index contributed by atoms with van der Waals surface area (Å²) >= 11 is 0. The third kappa shape index (κ3) is 8.70. The lowest BCUT2D eigenvalue weighted by Crippen LogP contribution is -2.71. The van der Waals surface area contributed by atoms with Gasteiger partial charge >= 0.3 is 0 Å². The summed E-state index contributed by atoms with van der Waals surface area (Å²) in [6, 6.07) is -3.11. The number of hydrogen-bond acceptors (Lipinski definition) is 20. The second-order valence-electron chi connectivity index (χ2n) is 12.6. The maximum atomic E-state index is 12.3. The van der Waals surface area contributed by atoms with Crippen LogP contribution in [0, 0.1) is 0 Å². The van der Waals surface area contributed by atoms with E-state index in [9.17, 15) is 65.8 Å². The minimum absolute atomic E-state index is 0.699. The van der Waals surface area contributed by atoms with Gasteiger partial charge in [0, 0.05) is 13.8 Å². The van der Waals surface area contributed by atoms with Gasteiger partial charge in [0.05, 0.1) is 25.9 Å². The molecule has 22 heteroatoms. The first-order valence-corrected chi connectivity index (χ1v) is 15.9. The number of ether oxygens (including phenoxy) is 7. The van der Waals surface area contributed by atoms with Gasteiger partial charge < -0.3 is 100.0 Å². The summed E-state index contributed by atoms with van der Waals surface area (Å²) in [5.41, 5.74) is 0. The van der Waals surface area contributed by atoms with Gasteiger partial charge in [0.2, 0.25) is 11.8 Å². The van der Waals surface area contributed by atoms with E-state index in [0.717, 1.165) is 13.8 Å². The van der Waals surface area contributed by atoms with E-state index in [4.69, 9.17) is 33.2 Å². The topological polar surface area (TPSA) is 345 Å². The zero-order valence-electron chi connectivity index (χ0n) is 27.3. The normalized spacial score (nSPS) is 48.5. The molecule has 0 aromatic carbocycles. The van der Waals surface area contributed by atoms with Gasteiger partial charge in [-0.05, 0) is 6.92 Å². The monoisotopic (exact) mass is 732 g/mol. The quantitative estimate of drug-likeness (QED) is 0.0938. The van der Waals surface area contributed by atoms with E-state index in [1.807, 2.05) is 0 Å². The van der Waals surface area contributed by atoms with Crippen molar-refractivity contribution in [2.45, 2.75) is 143 Å². The number of nitrogens with one attached hydrogen (secondary N) is 2. The number of amides is 2. The van der Waals surface area contributed by atoms with E-state index in [2.05, 4.69) is 10.6 Å². The second kappa shape index (κ2) is 17.4. The van der Waals surface area contributed by atoms with E-state index < -0.39 is 154 Å². The number of hydrogen-bond donors (Lipinski definition) is 13. The molecule has 4 aliphatic heterocycles. The van der Waals surface area contributed by atoms with Crippen LogP contribution in [0.1, 0.15) is 20.8 Å². The zero-order valence-corrected chi connectivity index (χ0v) is 27.3. The van der Waals surface area contributed by atoms with Gasteiger partial charge in [0.1, 0.15) is 91.4 Å². The van der Waals surface area contributed by atoms with E-state index in [-0.39, 0.29) is 0 Å². The smallest absolute Gasteiger partial charge is 0.217 e. The predicted molar refractivity (Wildman–Crippen MR) is 156 cm³/mol. The first-order chi connectivity index (χ1) is 23.5. The van der Waals surface area contributed by atoms with Crippen molar-refractivity contribution in [1.29, 1.82) is 0 Å². The van der Waals surface area contributed by atoms with Crippen LogP contribution in [0.3, 0.4) is 0 Å². The Balaban J connectivity index is 1.66. The molecule has 0 bridgehead atoms. The molecule has 4 saturated heterocycles. The average molecular weight is 733 g/mol. The summed E-state index contributed by atoms with van der Waals surface area (Å²) in [5, 5.41) is 119. The van der Waals surface area contributed by atoms with Gasteiger partial charge in [0.25, 0.3) is 0 Å². The third-order valence-corrected chi connectivity index (χ3v) is 8.97. The number of carbonyl (C=O) groups is 2. The lowest BCUT2D eigenvalue weighted by Gasteiger charge is -2.50. The highest BCUT2D eigenvalue weighted by Gasteiger charge is 2.56. The highest BCUT2D eigenvalue weighted by atomic mass is 16.8. The number of aliphatic hydroxyl groups excluding tert-OH is 11. The van der Waals surface area contributed by atoms with Crippen LogP contribution in [-0.2, 0) is 42.7 Å². The molecule has 20 atom stereocenters. The molecule has 4 aliphatic rings. The van der Waals surface area contributed by atoms with Gasteiger partial charge in [-0.25, -0.2) is 0 Å². The Morgan fingerprint density at radius 2 is 0.980 bits per heavy atom. The summed E-state index contributed by atoms with van der Waals surface area (Å²) in [5.74, 6) is -1.44. The first kappa shape index (κ1) is 41.0. The van der Waals surface area contributed by atoms with E-state index in [0.29, 0.717) is 0 Å². The maximum absolute atomic E-state index is 12.3. The fourth-order valence-electron chi connectivity index (χ4n) is 6.29. The third-order valence-electron chi connectivity index (χ3n) is 8.97. The summed E-state index contributed by atoms with van der Waals surface area (Å²) in [6.07, 6.45) is -30.0. The van der Waals surface area contributed by atoms with Crippen molar-refractivity contribution in [3.63, 3.8) is 0 Å². The van der Waals surface area contributed by atoms with Crippen LogP contribution < -0.4 is 10.6 Å². The molecule has 0 radical (unpaired) electrons. The summed E-state index contributed by atoms with van der Waals surface area (Å²) in [7, 11) is 0. The van der Waals surface area contributed by atoms with E-state index in [1.165, 1.54) is 6.92 Å². The van der Waals surface area contributed by atoms with Gasteiger partial charge in [-0.3, -0.25) is 9.59 Å². The molecular formula is C28H48N2O20. The molecule has 4 heterocycles. The molecule has 290 valence electrons. The molecule has 0 aromatic rings. The predicted octanol–water partition coefficient (Wildman–Crippen LogP) is -8.43.